The molecule has 1 amide bonds. The molecule has 1 aromatic carbocycles. The summed E-state index contributed by atoms with van der Waals surface area (Å²) in [5, 5.41) is 10.5. The van der Waals surface area contributed by atoms with Crippen LogP contribution in [0.15, 0.2) is 29.3 Å². The van der Waals surface area contributed by atoms with Gasteiger partial charge < -0.3 is 16.0 Å². The lowest BCUT2D eigenvalue weighted by atomic mass is 10.1. The van der Waals surface area contributed by atoms with Crippen LogP contribution in [0.4, 0.5) is 0 Å². The molecule has 0 radical (unpaired) electrons. The van der Waals surface area contributed by atoms with E-state index in [-0.39, 0.29) is 5.91 Å². The lowest BCUT2D eigenvalue weighted by Gasteiger charge is -2.12. The van der Waals surface area contributed by atoms with Crippen molar-refractivity contribution in [1.82, 2.24) is 20.9 Å². The van der Waals surface area contributed by atoms with Gasteiger partial charge in [-0.15, -0.1) is 11.3 Å². The minimum Gasteiger partial charge on any atom is -0.356 e. The number of nitrogens with one attached hydrogen (secondary N) is 3. The van der Waals surface area contributed by atoms with E-state index in [1.165, 1.54) is 4.88 Å². The third-order valence-electron chi connectivity index (χ3n) is 3.91. The molecule has 0 saturated carbocycles. The Morgan fingerprint density at radius 2 is 1.85 bits per heavy atom. The van der Waals surface area contributed by atoms with E-state index < -0.39 is 0 Å². The van der Waals surface area contributed by atoms with Crippen molar-refractivity contribution in [3.8, 4) is 0 Å². The topological polar surface area (TPSA) is 78.4 Å². The molecule has 0 atom stereocenters. The van der Waals surface area contributed by atoms with E-state index in [1.807, 2.05) is 38.1 Å². The fourth-order valence-electron chi connectivity index (χ4n) is 2.40. The van der Waals surface area contributed by atoms with Gasteiger partial charge in [-0.3, -0.25) is 9.79 Å². The minimum absolute atomic E-state index is 0.0621. The average Bonchev–Trinajstić information content (AvgIpc) is 2.94. The van der Waals surface area contributed by atoms with Gasteiger partial charge in [0.25, 0.3) is 5.91 Å². The van der Waals surface area contributed by atoms with Crippen molar-refractivity contribution in [3.63, 3.8) is 0 Å². The number of hydrogen-bond donors (Lipinski definition) is 3. The number of thiazole rings is 1. The molecule has 26 heavy (non-hydrogen) atoms. The fraction of sp³-hybridized carbons (Fsp3) is 0.421. The van der Waals surface area contributed by atoms with Crippen LogP contribution in [-0.2, 0) is 6.42 Å². The van der Waals surface area contributed by atoms with E-state index in [9.17, 15) is 4.79 Å². The number of rotatable bonds is 7. The second-order valence-corrected chi connectivity index (χ2v) is 7.34. The van der Waals surface area contributed by atoms with Gasteiger partial charge in [-0.05, 0) is 32.9 Å². The van der Waals surface area contributed by atoms with Crippen LogP contribution in [0.1, 0.15) is 31.5 Å². The maximum atomic E-state index is 12.1. The van der Waals surface area contributed by atoms with Gasteiger partial charge >= 0.3 is 0 Å². The maximum Gasteiger partial charge on any atom is 0.251 e. The molecular formula is C19H27N5OS. The van der Waals surface area contributed by atoms with E-state index in [0.29, 0.717) is 18.7 Å². The van der Waals surface area contributed by atoms with Crippen molar-refractivity contribution < 1.29 is 4.79 Å². The zero-order valence-corrected chi connectivity index (χ0v) is 16.7. The Balaban J connectivity index is 1.66. The number of amides is 1. The standard InChI is InChI=1S/C19H27N5OS/c1-13-6-5-7-16(12-13)18(25)21-10-11-23-19(20-4)22-9-8-17-24-14(2)15(3)26-17/h5-7,12H,8-11H2,1-4H3,(H,21,25)(H2,20,22,23). The Morgan fingerprint density at radius 3 is 2.50 bits per heavy atom. The number of hydrogen-bond acceptors (Lipinski definition) is 4. The van der Waals surface area contributed by atoms with Crippen LogP contribution < -0.4 is 16.0 Å². The third-order valence-corrected chi connectivity index (χ3v) is 5.04. The third kappa shape index (κ3) is 6.15. The van der Waals surface area contributed by atoms with Crippen molar-refractivity contribution in [2.75, 3.05) is 26.7 Å². The van der Waals surface area contributed by atoms with E-state index in [1.54, 1.807) is 18.4 Å². The Bertz CT molecular complexity index is 750. The Hall–Kier alpha value is -2.41. The number of aliphatic imine (C=N–C) groups is 1. The Morgan fingerprint density at radius 1 is 1.12 bits per heavy atom. The first kappa shape index (κ1) is 19.9. The van der Waals surface area contributed by atoms with Crippen LogP contribution in [0.5, 0.6) is 0 Å². The molecule has 0 aliphatic heterocycles. The SMILES string of the molecule is CN=C(NCCNC(=O)c1cccc(C)c1)NCCc1nc(C)c(C)s1. The molecule has 7 heteroatoms. The van der Waals surface area contributed by atoms with Crippen LogP contribution in [-0.4, -0.2) is 43.5 Å². The van der Waals surface area contributed by atoms with Crippen molar-refractivity contribution in [1.29, 1.82) is 0 Å². The molecule has 0 unspecified atom stereocenters. The number of aryl methyl sites for hydroxylation is 3. The summed E-state index contributed by atoms with van der Waals surface area (Å²) >= 11 is 1.74. The summed E-state index contributed by atoms with van der Waals surface area (Å²) in [5.74, 6) is 0.660. The molecule has 6 nitrogen and oxygen atoms in total. The first-order chi connectivity index (χ1) is 12.5. The van der Waals surface area contributed by atoms with Gasteiger partial charge in [-0.2, -0.15) is 0 Å². The predicted octanol–water partition coefficient (Wildman–Crippen LogP) is 2.21. The molecule has 2 rings (SSSR count). The van der Waals surface area contributed by atoms with Crippen molar-refractivity contribution in [3.05, 3.63) is 51.0 Å². The predicted molar refractivity (Wildman–Crippen MR) is 108 cm³/mol. The summed E-state index contributed by atoms with van der Waals surface area (Å²) in [6.45, 7) is 8.00. The first-order valence-electron chi connectivity index (χ1n) is 8.72. The molecule has 0 saturated heterocycles. The molecule has 0 fully saturated rings. The van der Waals surface area contributed by atoms with Crippen LogP contribution in [0, 0.1) is 20.8 Å². The van der Waals surface area contributed by atoms with Crippen molar-refractivity contribution in [2.45, 2.75) is 27.2 Å². The van der Waals surface area contributed by atoms with E-state index in [2.05, 4.69) is 32.9 Å². The Kier molecular flexibility index (Phi) is 7.59. The molecule has 1 aromatic heterocycles. The van der Waals surface area contributed by atoms with E-state index in [4.69, 9.17) is 0 Å². The van der Waals surface area contributed by atoms with Gasteiger partial charge in [0.05, 0.1) is 10.7 Å². The smallest absolute Gasteiger partial charge is 0.251 e. The van der Waals surface area contributed by atoms with Gasteiger partial charge in [0.1, 0.15) is 0 Å². The van der Waals surface area contributed by atoms with E-state index in [0.717, 1.165) is 35.2 Å². The summed E-state index contributed by atoms with van der Waals surface area (Å²) in [4.78, 5) is 22.1. The summed E-state index contributed by atoms with van der Waals surface area (Å²) in [6.07, 6.45) is 0.865. The second kappa shape index (κ2) is 9.91. The number of carbonyl (C=O) groups is 1. The normalized spacial score (nSPS) is 11.3. The van der Waals surface area contributed by atoms with Crippen molar-refractivity contribution >= 4 is 23.2 Å². The van der Waals surface area contributed by atoms with Crippen LogP contribution in [0.25, 0.3) is 0 Å². The largest absolute Gasteiger partial charge is 0.356 e. The van der Waals surface area contributed by atoms with E-state index >= 15 is 0 Å². The number of aromatic nitrogens is 1. The molecular weight excluding hydrogens is 346 g/mol. The number of benzene rings is 1. The fourth-order valence-corrected chi connectivity index (χ4v) is 3.33. The molecule has 0 aliphatic carbocycles. The number of nitrogens with zero attached hydrogens (tertiary/aromatic N) is 2. The van der Waals surface area contributed by atoms with Crippen LogP contribution in [0.2, 0.25) is 0 Å². The first-order valence-corrected chi connectivity index (χ1v) is 9.53. The van der Waals surface area contributed by atoms with Gasteiger partial charge in [-0.1, -0.05) is 17.7 Å². The summed E-state index contributed by atoms with van der Waals surface area (Å²) < 4.78 is 0. The highest BCUT2D eigenvalue weighted by molar-refractivity contribution is 7.11. The highest BCUT2D eigenvalue weighted by Gasteiger charge is 2.06. The maximum absolute atomic E-state index is 12.1. The van der Waals surface area contributed by atoms with Crippen molar-refractivity contribution in [2.24, 2.45) is 4.99 Å². The lowest BCUT2D eigenvalue weighted by molar-refractivity contribution is 0.0954. The van der Waals surface area contributed by atoms with Gasteiger partial charge in [0.2, 0.25) is 0 Å². The molecule has 1 heterocycles. The molecule has 3 N–H and O–H groups in total. The molecule has 2 aromatic rings. The molecule has 0 aliphatic rings. The molecule has 0 spiro atoms. The Labute approximate surface area is 159 Å². The summed E-state index contributed by atoms with van der Waals surface area (Å²) in [6, 6.07) is 7.56. The highest BCUT2D eigenvalue weighted by atomic mass is 32.1. The number of carbonyl (C=O) groups excluding carboxylic acids is 1. The number of guanidine groups is 1. The van der Waals surface area contributed by atoms with Crippen LogP contribution >= 0.6 is 11.3 Å². The second-order valence-electron chi connectivity index (χ2n) is 6.05. The van der Waals surface area contributed by atoms with Crippen LogP contribution in [0.3, 0.4) is 0 Å². The van der Waals surface area contributed by atoms with Gasteiger partial charge in [0, 0.05) is 43.5 Å². The highest BCUT2D eigenvalue weighted by Crippen LogP contribution is 2.16. The summed E-state index contributed by atoms with van der Waals surface area (Å²) in [7, 11) is 1.73. The molecule has 140 valence electrons. The van der Waals surface area contributed by atoms with Gasteiger partial charge in [0.15, 0.2) is 5.96 Å². The zero-order chi connectivity index (χ0) is 18.9. The lowest BCUT2D eigenvalue weighted by Crippen LogP contribution is -2.42. The zero-order valence-electron chi connectivity index (χ0n) is 15.8. The summed E-state index contributed by atoms with van der Waals surface area (Å²) in [5.41, 5.74) is 2.87. The monoisotopic (exact) mass is 373 g/mol. The minimum atomic E-state index is -0.0621. The average molecular weight is 374 g/mol. The van der Waals surface area contributed by atoms with Gasteiger partial charge in [-0.25, -0.2) is 4.98 Å². The molecule has 0 bridgehead atoms. The quantitative estimate of drug-likeness (QED) is 0.395.